The molecule has 4 aliphatic rings. The molecule has 2 heteroatoms. The first-order valence-electron chi connectivity index (χ1n) is 9.15. The van der Waals surface area contributed by atoms with Gasteiger partial charge in [0.25, 0.3) is 0 Å². The van der Waals surface area contributed by atoms with E-state index in [0.717, 1.165) is 43.4 Å². The molecule has 0 saturated heterocycles. The van der Waals surface area contributed by atoms with Crippen molar-refractivity contribution in [3.05, 3.63) is 0 Å². The van der Waals surface area contributed by atoms with Gasteiger partial charge >= 0.3 is 0 Å². The van der Waals surface area contributed by atoms with E-state index in [0.29, 0.717) is 17.1 Å². The van der Waals surface area contributed by atoms with E-state index in [2.05, 4.69) is 13.8 Å². The first-order chi connectivity index (χ1) is 9.95. The molecule has 0 amide bonds. The predicted molar refractivity (Wildman–Crippen MR) is 82.7 cm³/mol. The summed E-state index contributed by atoms with van der Waals surface area (Å²) in [6, 6.07) is 0. The van der Waals surface area contributed by atoms with Crippen molar-refractivity contribution in [2.24, 2.45) is 34.5 Å². The number of aliphatic hydroxyl groups is 1. The highest BCUT2D eigenvalue weighted by atomic mass is 16.3. The van der Waals surface area contributed by atoms with E-state index in [9.17, 15) is 9.90 Å². The Balaban J connectivity index is 1.64. The zero-order valence-corrected chi connectivity index (χ0v) is 13.6. The molecule has 4 aliphatic carbocycles. The van der Waals surface area contributed by atoms with Crippen molar-refractivity contribution in [2.75, 3.05) is 0 Å². The molecule has 4 rings (SSSR count). The number of carbonyl (C=O) groups is 1. The average Bonchev–Trinajstić information content (AvgIpc) is 2.76. The molecule has 0 aromatic carbocycles. The van der Waals surface area contributed by atoms with Crippen molar-refractivity contribution in [3.8, 4) is 0 Å². The molecular formula is C19H30O2. The molecule has 21 heavy (non-hydrogen) atoms. The lowest BCUT2D eigenvalue weighted by molar-refractivity contribution is -0.141. The van der Waals surface area contributed by atoms with Crippen LogP contribution >= 0.6 is 0 Å². The summed E-state index contributed by atoms with van der Waals surface area (Å²) in [4.78, 5) is 11.9. The fraction of sp³-hybridized carbons (Fsp3) is 0.947. The molecule has 0 radical (unpaired) electrons. The van der Waals surface area contributed by atoms with Gasteiger partial charge in [0.15, 0.2) is 0 Å². The van der Waals surface area contributed by atoms with E-state index in [-0.39, 0.29) is 11.5 Å². The molecular weight excluding hydrogens is 260 g/mol. The Morgan fingerprint density at radius 3 is 2.52 bits per heavy atom. The van der Waals surface area contributed by atoms with Crippen LogP contribution in [-0.4, -0.2) is 17.0 Å². The van der Waals surface area contributed by atoms with Gasteiger partial charge in [-0.1, -0.05) is 13.8 Å². The van der Waals surface area contributed by atoms with Gasteiger partial charge in [0.1, 0.15) is 5.78 Å². The van der Waals surface area contributed by atoms with Crippen molar-refractivity contribution in [3.63, 3.8) is 0 Å². The van der Waals surface area contributed by atoms with Crippen LogP contribution in [0, 0.1) is 34.5 Å². The second-order valence-corrected chi connectivity index (χ2v) is 9.04. The monoisotopic (exact) mass is 290 g/mol. The minimum atomic E-state index is -0.0677. The van der Waals surface area contributed by atoms with Crippen molar-refractivity contribution in [2.45, 2.75) is 77.7 Å². The average molecular weight is 290 g/mol. The van der Waals surface area contributed by atoms with Gasteiger partial charge in [-0.15, -0.1) is 0 Å². The maximum absolute atomic E-state index is 11.9. The number of rotatable bonds is 0. The molecule has 0 bridgehead atoms. The first kappa shape index (κ1) is 14.2. The number of ketones is 1. The normalized spacial score (nSPS) is 56.5. The van der Waals surface area contributed by atoms with Crippen LogP contribution in [0.2, 0.25) is 0 Å². The van der Waals surface area contributed by atoms with Crippen LogP contribution in [0.1, 0.15) is 71.6 Å². The largest absolute Gasteiger partial charge is 0.393 e. The van der Waals surface area contributed by atoms with Gasteiger partial charge < -0.3 is 5.11 Å². The summed E-state index contributed by atoms with van der Waals surface area (Å²) in [5.41, 5.74) is 0.598. The summed E-state index contributed by atoms with van der Waals surface area (Å²) >= 11 is 0. The van der Waals surface area contributed by atoms with E-state index in [1.807, 2.05) is 0 Å². The molecule has 118 valence electrons. The number of hydrogen-bond acceptors (Lipinski definition) is 2. The highest BCUT2D eigenvalue weighted by Crippen LogP contribution is 2.65. The fourth-order valence-electron chi connectivity index (χ4n) is 7.02. The molecule has 7 atom stereocenters. The quantitative estimate of drug-likeness (QED) is 0.733. The molecule has 0 aromatic heterocycles. The van der Waals surface area contributed by atoms with Crippen LogP contribution < -0.4 is 0 Å². The van der Waals surface area contributed by atoms with Crippen molar-refractivity contribution in [1.82, 2.24) is 0 Å². The van der Waals surface area contributed by atoms with E-state index >= 15 is 0 Å². The van der Waals surface area contributed by atoms with Gasteiger partial charge in [0.2, 0.25) is 0 Å². The zero-order valence-electron chi connectivity index (χ0n) is 13.6. The van der Waals surface area contributed by atoms with E-state index in [1.54, 1.807) is 0 Å². The van der Waals surface area contributed by atoms with Crippen LogP contribution in [0.4, 0.5) is 0 Å². The van der Waals surface area contributed by atoms with E-state index in [1.165, 1.54) is 32.1 Å². The molecule has 0 aromatic rings. The van der Waals surface area contributed by atoms with Crippen LogP contribution in [-0.2, 0) is 4.79 Å². The maximum atomic E-state index is 11.9. The summed E-state index contributed by atoms with van der Waals surface area (Å²) in [5.74, 6) is 3.52. The first-order valence-corrected chi connectivity index (χ1v) is 9.15. The van der Waals surface area contributed by atoms with Crippen molar-refractivity contribution < 1.29 is 9.90 Å². The molecule has 4 saturated carbocycles. The lowest BCUT2D eigenvalue weighted by atomic mass is 9.45. The van der Waals surface area contributed by atoms with Crippen LogP contribution in [0.3, 0.4) is 0 Å². The Labute approximate surface area is 128 Å². The number of carbonyl (C=O) groups excluding carboxylic acids is 1. The summed E-state index contributed by atoms with van der Waals surface area (Å²) in [5, 5.41) is 10.5. The van der Waals surface area contributed by atoms with E-state index in [4.69, 9.17) is 0 Å². The second-order valence-electron chi connectivity index (χ2n) is 9.04. The summed E-state index contributed by atoms with van der Waals surface area (Å²) < 4.78 is 0. The lowest BCUT2D eigenvalue weighted by Crippen LogP contribution is -2.54. The second kappa shape index (κ2) is 4.57. The Morgan fingerprint density at radius 1 is 0.952 bits per heavy atom. The van der Waals surface area contributed by atoms with Crippen molar-refractivity contribution in [1.29, 1.82) is 0 Å². The Kier molecular flexibility index (Phi) is 3.10. The summed E-state index contributed by atoms with van der Waals surface area (Å²) in [7, 11) is 0. The number of fused-ring (bicyclic) bond motifs is 5. The molecule has 0 spiro atoms. The smallest absolute Gasteiger partial charge is 0.133 e. The number of aliphatic hydroxyl groups excluding tert-OH is 1. The van der Waals surface area contributed by atoms with Gasteiger partial charge in [0, 0.05) is 12.8 Å². The van der Waals surface area contributed by atoms with Crippen LogP contribution in [0.5, 0.6) is 0 Å². The highest BCUT2D eigenvalue weighted by molar-refractivity contribution is 5.79. The molecule has 1 N–H and O–H groups in total. The Bertz CT molecular complexity index is 458. The summed E-state index contributed by atoms with van der Waals surface area (Å²) in [6.45, 7) is 4.85. The van der Waals surface area contributed by atoms with Gasteiger partial charge in [-0.2, -0.15) is 0 Å². The van der Waals surface area contributed by atoms with Crippen LogP contribution in [0.25, 0.3) is 0 Å². The minimum Gasteiger partial charge on any atom is -0.393 e. The van der Waals surface area contributed by atoms with E-state index < -0.39 is 0 Å². The highest BCUT2D eigenvalue weighted by Gasteiger charge is 2.59. The molecule has 4 fully saturated rings. The third-order valence-corrected chi connectivity index (χ3v) is 8.43. The number of Topliss-reactive ketones (excluding diaryl/α,β-unsaturated/α-hetero) is 1. The summed E-state index contributed by atoms with van der Waals surface area (Å²) in [6.07, 6.45) is 10.0. The standard InChI is InChI=1S/C19H30O2/c1-18-9-7-13(20)11-12(18)3-4-14-15-5-6-17(21)19(15,2)10-8-16(14)18/h12,14-17,21H,3-11H2,1-2H3/t12-,14?,15?,16?,17-,18-,19-/m1/s1. The van der Waals surface area contributed by atoms with Crippen LogP contribution in [0.15, 0.2) is 0 Å². The molecule has 2 nitrogen and oxygen atoms in total. The van der Waals surface area contributed by atoms with Gasteiger partial charge in [-0.3, -0.25) is 4.79 Å². The topological polar surface area (TPSA) is 37.3 Å². The number of hydrogen-bond donors (Lipinski definition) is 1. The Hall–Kier alpha value is -0.370. The molecule has 0 aliphatic heterocycles. The van der Waals surface area contributed by atoms with Crippen molar-refractivity contribution >= 4 is 5.78 Å². The third kappa shape index (κ3) is 1.84. The molecule has 3 unspecified atom stereocenters. The van der Waals surface area contributed by atoms with Gasteiger partial charge in [-0.05, 0) is 79.4 Å². The van der Waals surface area contributed by atoms with Gasteiger partial charge in [-0.25, -0.2) is 0 Å². The minimum absolute atomic E-state index is 0.0677. The SMILES string of the molecule is C[C@@]12CCC(=O)C[C@H]1CCC1C2CC[C@]2(C)C1CC[C@H]2O. The predicted octanol–water partition coefficient (Wildman–Crippen LogP) is 3.96. The zero-order chi connectivity index (χ0) is 14.8. The van der Waals surface area contributed by atoms with Gasteiger partial charge in [0.05, 0.1) is 6.10 Å². The lowest BCUT2D eigenvalue weighted by Gasteiger charge is -2.60. The Morgan fingerprint density at radius 2 is 1.71 bits per heavy atom. The maximum Gasteiger partial charge on any atom is 0.133 e. The fourth-order valence-corrected chi connectivity index (χ4v) is 7.02. The third-order valence-electron chi connectivity index (χ3n) is 8.43. The molecule has 0 heterocycles.